The van der Waals surface area contributed by atoms with Crippen LogP contribution in [0.4, 0.5) is 5.69 Å². The summed E-state index contributed by atoms with van der Waals surface area (Å²) in [5, 5.41) is 22.7. The second-order valence-electron chi connectivity index (χ2n) is 36.7. The van der Waals surface area contributed by atoms with Gasteiger partial charge in [0.2, 0.25) is 0 Å². The van der Waals surface area contributed by atoms with Gasteiger partial charge in [0.15, 0.2) is 16.9 Å². The molecule has 2 saturated heterocycles. The summed E-state index contributed by atoms with van der Waals surface area (Å²) in [6.07, 6.45) is 43.1. The van der Waals surface area contributed by atoms with Gasteiger partial charge in [0.25, 0.3) is 0 Å². The number of ether oxygens (including phenoxy) is 1. The van der Waals surface area contributed by atoms with Gasteiger partial charge in [-0.1, -0.05) is 205 Å². The molecule has 17 heterocycles. The first kappa shape index (κ1) is 89.9. The number of aryl methyl sites for hydroxylation is 4. The van der Waals surface area contributed by atoms with E-state index in [1.165, 1.54) is 65.9 Å². The number of likely N-dealkylation sites (tertiary alicyclic amines) is 1. The number of piperidine rings is 1. The number of pyridine rings is 5. The number of anilines is 1. The van der Waals surface area contributed by atoms with E-state index >= 15 is 0 Å². The molecular formula is C122H101N21O. The van der Waals surface area contributed by atoms with E-state index in [0.29, 0.717) is 0 Å². The van der Waals surface area contributed by atoms with Crippen molar-refractivity contribution in [1.82, 2.24) is 97.7 Å². The maximum atomic E-state index is 5.99. The zero-order valence-corrected chi connectivity index (χ0v) is 80.2. The van der Waals surface area contributed by atoms with Crippen molar-refractivity contribution in [3.63, 3.8) is 0 Å². The van der Waals surface area contributed by atoms with Crippen molar-refractivity contribution < 1.29 is 4.74 Å². The number of hydrogen-bond acceptors (Lipinski definition) is 17. The Morgan fingerprint density at radius 1 is 0.264 bits per heavy atom. The molecule has 2 aliphatic rings. The van der Waals surface area contributed by atoms with Crippen LogP contribution in [0, 0.1) is 27.7 Å². The quantitative estimate of drug-likeness (QED) is 0.101. The largest absolute Gasteiger partial charge is 0.492 e. The van der Waals surface area contributed by atoms with Crippen molar-refractivity contribution in [3.8, 4) is 117 Å². The lowest BCUT2D eigenvalue weighted by atomic mass is 10.0. The van der Waals surface area contributed by atoms with Gasteiger partial charge in [-0.05, 0) is 212 Å². The third-order valence-corrected chi connectivity index (χ3v) is 27.1. The molecule has 0 atom stereocenters. The minimum atomic E-state index is 0.739. The Kier molecular flexibility index (Phi) is 25.2. The zero-order valence-electron chi connectivity index (χ0n) is 80.2. The second-order valence-corrected chi connectivity index (χ2v) is 36.7. The van der Waals surface area contributed by atoms with E-state index in [2.05, 4.69) is 323 Å². The Balaban J connectivity index is 0.000000100. The van der Waals surface area contributed by atoms with Crippen LogP contribution >= 0.6 is 0 Å². The van der Waals surface area contributed by atoms with Crippen LogP contribution in [-0.4, -0.2) is 145 Å². The minimum absolute atomic E-state index is 0.739. The monoisotopic (exact) mass is 1880 g/mol. The molecule has 144 heavy (non-hydrogen) atoms. The van der Waals surface area contributed by atoms with Crippen molar-refractivity contribution in [2.24, 2.45) is 0 Å². The first-order valence-corrected chi connectivity index (χ1v) is 48.9. The molecule has 0 saturated carbocycles. The van der Waals surface area contributed by atoms with Crippen molar-refractivity contribution in [3.05, 3.63) is 425 Å². The number of rotatable bonds is 15. The molecule has 2 fully saturated rings. The van der Waals surface area contributed by atoms with Crippen LogP contribution in [0.25, 0.3) is 194 Å². The summed E-state index contributed by atoms with van der Waals surface area (Å²) in [6, 6.07) is 96.0. The molecule has 0 unspecified atom stereocenters. The minimum Gasteiger partial charge on any atom is -0.492 e. The summed E-state index contributed by atoms with van der Waals surface area (Å²) >= 11 is 0. The molecule has 22 heteroatoms. The summed E-state index contributed by atoms with van der Waals surface area (Å²) in [7, 11) is 0. The number of aromatic nitrogens is 18. The molecule has 0 amide bonds. The predicted octanol–water partition coefficient (Wildman–Crippen LogP) is 25.8. The third kappa shape index (κ3) is 18.9. The first-order chi connectivity index (χ1) is 71.0. The number of fused-ring (bicyclic) bond motifs is 10. The lowest BCUT2D eigenvalue weighted by molar-refractivity contribution is 0.183. The van der Waals surface area contributed by atoms with Gasteiger partial charge in [0, 0.05) is 226 Å². The van der Waals surface area contributed by atoms with E-state index in [9.17, 15) is 0 Å². The Morgan fingerprint density at radius 3 is 1.03 bits per heavy atom. The Hall–Kier alpha value is -18.0. The highest BCUT2D eigenvalue weighted by atomic mass is 16.5. The highest BCUT2D eigenvalue weighted by Crippen LogP contribution is 2.40. The predicted molar refractivity (Wildman–Crippen MR) is 580 cm³/mol. The van der Waals surface area contributed by atoms with Crippen molar-refractivity contribution >= 4 is 88.4 Å². The average Bonchev–Trinajstić information content (AvgIpc) is 1.64. The molecule has 25 aromatic rings. The van der Waals surface area contributed by atoms with Crippen molar-refractivity contribution in [1.29, 1.82) is 0 Å². The van der Waals surface area contributed by atoms with Crippen LogP contribution in [0.15, 0.2) is 403 Å². The summed E-state index contributed by atoms with van der Waals surface area (Å²) < 4.78 is 15.8. The maximum Gasteiger partial charge on any atom is 0.162 e. The van der Waals surface area contributed by atoms with E-state index in [1.54, 1.807) is 0 Å². The Bertz CT molecular complexity index is 8750. The molecule has 0 aliphatic carbocycles. The van der Waals surface area contributed by atoms with Gasteiger partial charge < -0.3 is 23.8 Å². The number of nitrogens with one attached hydrogen (secondary N) is 1. The molecular weight excluding hydrogens is 1780 g/mol. The zero-order chi connectivity index (χ0) is 96.8. The topological polar surface area (TPSA) is 217 Å². The average molecular weight is 1880 g/mol. The molecule has 15 aromatic heterocycles. The van der Waals surface area contributed by atoms with E-state index in [0.717, 1.165) is 234 Å². The molecule has 27 rings (SSSR count). The molecule has 0 radical (unpaired) electrons. The fourth-order valence-electron chi connectivity index (χ4n) is 19.4. The van der Waals surface area contributed by atoms with Crippen molar-refractivity contribution in [2.45, 2.75) is 47.0 Å². The highest BCUT2D eigenvalue weighted by Gasteiger charge is 2.22. The van der Waals surface area contributed by atoms with E-state index in [-0.39, 0.29) is 0 Å². The molecule has 0 spiro atoms. The number of hydrogen-bond donors (Lipinski definition) is 1. The first-order valence-electron chi connectivity index (χ1n) is 48.9. The number of benzene rings is 10. The van der Waals surface area contributed by atoms with Gasteiger partial charge in [-0.2, -0.15) is 15.3 Å². The lowest BCUT2D eigenvalue weighted by Crippen LogP contribution is -2.43. The van der Waals surface area contributed by atoms with Crippen molar-refractivity contribution in [2.75, 3.05) is 57.3 Å². The van der Waals surface area contributed by atoms with Crippen LogP contribution in [0.3, 0.4) is 0 Å². The molecule has 1 N–H and O–H groups in total. The number of piperazine rings is 1. The van der Waals surface area contributed by atoms with Crippen LogP contribution in [0.1, 0.15) is 41.5 Å². The Morgan fingerprint density at radius 2 is 0.618 bits per heavy atom. The summed E-state index contributed by atoms with van der Waals surface area (Å²) in [5.74, 6) is 0.919. The smallest absolute Gasteiger partial charge is 0.162 e. The van der Waals surface area contributed by atoms with Gasteiger partial charge >= 0.3 is 0 Å². The maximum absolute atomic E-state index is 5.99. The van der Waals surface area contributed by atoms with Crippen LogP contribution in [-0.2, 0) is 0 Å². The number of para-hydroxylation sites is 4. The summed E-state index contributed by atoms with van der Waals surface area (Å²) in [6.45, 7) is 16.6. The molecule has 10 aromatic carbocycles. The van der Waals surface area contributed by atoms with E-state index in [4.69, 9.17) is 29.7 Å². The lowest BCUT2D eigenvalue weighted by Gasteiger charge is -2.29. The summed E-state index contributed by atoms with van der Waals surface area (Å²) in [4.78, 5) is 51.1. The normalized spacial score (nSPS) is 12.7. The molecule has 0 bridgehead atoms. The van der Waals surface area contributed by atoms with Gasteiger partial charge in [0.05, 0.1) is 46.2 Å². The molecule has 2 aliphatic heterocycles. The van der Waals surface area contributed by atoms with Gasteiger partial charge in [-0.15, -0.1) is 0 Å². The van der Waals surface area contributed by atoms with Crippen LogP contribution in [0.5, 0.6) is 5.75 Å². The molecule has 22 nitrogen and oxygen atoms in total. The fourth-order valence-corrected chi connectivity index (χ4v) is 19.4. The standard InChI is InChI=1S/C29H28N4O.C25H22N6.C23H18N4.C23H17N3.C22H16N4/c1-4-15-32(16-5-1)18-19-34-24-10-8-22(9-11-24)23-20-31-29-27(13-17-33(29)21-23)25-12-14-30-28-7-3-2-6-26(25)28;1-2-7-24-22(6-1)21(8-9-27-24)23-16-29-31-17-19(15-28-25(23)31)18-4-3-5-20(14-18)30-12-10-26-11-13-30;1-15-3-6-17(7-4-15)18-12-25-23-21(13-26-27(23)14-18)19-9-10-24-22-11-16(2)5-8-20(19)22;1-16-6-8-17(9-7-16)18-14-25-23-21(11-13-26(23)15-18)19-10-12-24-22-5-3-2-4-20(19)22;1-15-6-8-16(9-7-15)17-12-24-22-20(13-25-26(22)14-17)18-10-11-23-21-5-3-2-4-19(18)21/h2-3,6-14,17,20-21H,1,4-5,15-16,18-19H2;1-9,14-17,26H,10-13H2;3-14H,1-2H3;2-15H,1H3;2-14H,1H3. The van der Waals surface area contributed by atoms with E-state index < -0.39 is 0 Å². The van der Waals surface area contributed by atoms with Crippen LogP contribution in [0.2, 0.25) is 0 Å². The van der Waals surface area contributed by atoms with Gasteiger partial charge in [-0.25, -0.2) is 38.5 Å². The highest BCUT2D eigenvalue weighted by molar-refractivity contribution is 6.03. The Labute approximate surface area is 832 Å². The second kappa shape index (κ2) is 40.4. The molecule has 700 valence electrons. The van der Waals surface area contributed by atoms with Gasteiger partial charge in [0.1, 0.15) is 23.7 Å². The summed E-state index contributed by atoms with van der Waals surface area (Å²) in [5.41, 5.74) is 37.5. The fraction of sp³-hybridized carbons (Fsp3) is 0.123. The van der Waals surface area contributed by atoms with Gasteiger partial charge in [-0.3, -0.25) is 29.8 Å². The SMILES string of the molecule is Cc1ccc(-c2cnc3c(-c4ccnc5cc(C)ccc45)cnn3c2)cc1.Cc1ccc(-c2cnc3c(-c4ccnc5ccccc45)ccn3c2)cc1.Cc1ccc(-c2cnc3c(-c4ccnc5ccccc45)cnn3c2)cc1.c1cc(-c2cnc3c(-c4ccnc5ccccc45)cnn3c2)cc(N2CCNCC2)c1.c1ccc2c(-c3ccn4cc(-c5ccc(OCCN6CCCCC6)cc5)cnc34)ccnc2c1. The van der Waals surface area contributed by atoms with E-state index in [1.807, 2.05) is 185 Å². The third-order valence-electron chi connectivity index (χ3n) is 27.1. The van der Waals surface area contributed by atoms with Crippen LogP contribution < -0.4 is 15.0 Å². The number of nitrogens with zero attached hydrogens (tertiary/aromatic N) is 20.